The molecule has 0 saturated carbocycles. The van der Waals surface area contributed by atoms with Crippen molar-refractivity contribution in [2.75, 3.05) is 13.1 Å². The molecule has 1 aliphatic heterocycles. The number of nitrogens with two attached hydrogens (primary N) is 1. The van der Waals surface area contributed by atoms with Crippen molar-refractivity contribution < 1.29 is 4.79 Å². The van der Waals surface area contributed by atoms with Crippen LogP contribution in [0.4, 0.5) is 0 Å². The maximum atomic E-state index is 12.8. The number of nitrogens with zero attached hydrogens (tertiary/aromatic N) is 2. The van der Waals surface area contributed by atoms with Crippen molar-refractivity contribution in [3.8, 4) is 0 Å². The van der Waals surface area contributed by atoms with E-state index in [9.17, 15) is 4.79 Å². The fourth-order valence-corrected chi connectivity index (χ4v) is 3.12. The summed E-state index contributed by atoms with van der Waals surface area (Å²) in [4.78, 5) is 19.0. The molecule has 110 valence electrons. The number of piperidine rings is 1. The van der Waals surface area contributed by atoms with Gasteiger partial charge in [0.1, 0.15) is 0 Å². The zero-order valence-corrected chi connectivity index (χ0v) is 12.3. The van der Waals surface area contributed by atoms with E-state index in [4.69, 9.17) is 5.73 Å². The number of hydrogen-bond donors (Lipinski definition) is 1. The molecule has 2 aromatic rings. The summed E-state index contributed by atoms with van der Waals surface area (Å²) in [6, 6.07) is 9.73. The van der Waals surface area contributed by atoms with Crippen molar-refractivity contribution in [1.29, 1.82) is 0 Å². The number of fused-ring (bicyclic) bond motifs is 1. The van der Waals surface area contributed by atoms with Gasteiger partial charge in [-0.05, 0) is 43.0 Å². The molecule has 1 aromatic heterocycles. The van der Waals surface area contributed by atoms with Gasteiger partial charge in [0.25, 0.3) is 5.91 Å². The average Bonchev–Trinajstić information content (AvgIpc) is 2.53. The van der Waals surface area contributed by atoms with E-state index in [1.807, 2.05) is 35.2 Å². The van der Waals surface area contributed by atoms with Crippen molar-refractivity contribution in [3.05, 3.63) is 42.1 Å². The van der Waals surface area contributed by atoms with Crippen LogP contribution < -0.4 is 5.73 Å². The van der Waals surface area contributed by atoms with Crippen molar-refractivity contribution in [2.24, 2.45) is 11.7 Å². The van der Waals surface area contributed by atoms with E-state index in [1.165, 1.54) is 0 Å². The summed E-state index contributed by atoms with van der Waals surface area (Å²) in [7, 11) is 0. The van der Waals surface area contributed by atoms with Gasteiger partial charge in [0.2, 0.25) is 0 Å². The highest BCUT2D eigenvalue weighted by Gasteiger charge is 2.29. The number of carbonyl (C=O) groups excluding carboxylic acids is 1. The highest BCUT2D eigenvalue weighted by molar-refractivity contribution is 5.98. The van der Waals surface area contributed by atoms with Crippen molar-refractivity contribution in [3.63, 3.8) is 0 Å². The molecule has 2 unspecified atom stereocenters. The molecule has 0 spiro atoms. The van der Waals surface area contributed by atoms with Crippen LogP contribution in [0.3, 0.4) is 0 Å². The van der Waals surface area contributed by atoms with Crippen molar-refractivity contribution >= 4 is 16.8 Å². The predicted octanol–water partition coefficient (Wildman–Crippen LogP) is 2.43. The number of amides is 1. The molecule has 2 atom stereocenters. The van der Waals surface area contributed by atoms with E-state index < -0.39 is 0 Å². The van der Waals surface area contributed by atoms with Crippen LogP contribution in [0.5, 0.6) is 0 Å². The Bertz CT molecular complexity index is 655. The molecule has 21 heavy (non-hydrogen) atoms. The lowest BCUT2D eigenvalue weighted by molar-refractivity contribution is 0.0574. The second-order valence-corrected chi connectivity index (χ2v) is 5.93. The Balaban J connectivity index is 1.88. The largest absolute Gasteiger partial charge is 0.334 e. The monoisotopic (exact) mass is 283 g/mol. The highest BCUT2D eigenvalue weighted by Crippen LogP contribution is 2.24. The number of hydrogen-bond acceptors (Lipinski definition) is 3. The molecule has 0 radical (unpaired) electrons. The van der Waals surface area contributed by atoms with Gasteiger partial charge < -0.3 is 10.6 Å². The van der Waals surface area contributed by atoms with E-state index in [0.717, 1.165) is 35.9 Å². The molecule has 4 nitrogen and oxygen atoms in total. The zero-order valence-electron chi connectivity index (χ0n) is 12.3. The Hall–Kier alpha value is -1.94. The van der Waals surface area contributed by atoms with Crippen LogP contribution in [0.1, 0.15) is 30.1 Å². The van der Waals surface area contributed by atoms with Crippen LogP contribution in [0.25, 0.3) is 10.9 Å². The Morgan fingerprint density at radius 2 is 2.29 bits per heavy atom. The van der Waals surface area contributed by atoms with Gasteiger partial charge in [0, 0.05) is 36.3 Å². The summed E-state index contributed by atoms with van der Waals surface area (Å²) in [6.07, 6.45) is 3.81. The molecule has 0 aliphatic carbocycles. The topological polar surface area (TPSA) is 59.2 Å². The molecule has 1 saturated heterocycles. The number of carbonyl (C=O) groups is 1. The van der Waals surface area contributed by atoms with E-state index in [0.29, 0.717) is 12.5 Å². The first-order valence-corrected chi connectivity index (χ1v) is 7.55. The predicted molar refractivity (Wildman–Crippen MR) is 84.0 cm³/mol. The smallest absolute Gasteiger partial charge is 0.254 e. The van der Waals surface area contributed by atoms with Crippen LogP contribution in [0, 0.1) is 5.92 Å². The van der Waals surface area contributed by atoms with Gasteiger partial charge in [-0.25, -0.2) is 0 Å². The third-order valence-electron chi connectivity index (χ3n) is 4.36. The minimum atomic E-state index is 0.0862. The first-order valence-electron chi connectivity index (χ1n) is 7.55. The number of likely N-dealkylation sites (tertiary alicyclic amines) is 1. The maximum Gasteiger partial charge on any atom is 0.254 e. The molecule has 1 aromatic carbocycles. The van der Waals surface area contributed by atoms with Crippen molar-refractivity contribution in [1.82, 2.24) is 9.88 Å². The summed E-state index contributed by atoms with van der Waals surface area (Å²) < 4.78 is 0. The second-order valence-electron chi connectivity index (χ2n) is 5.93. The van der Waals surface area contributed by atoms with Crippen LogP contribution in [0.2, 0.25) is 0 Å². The van der Waals surface area contributed by atoms with Gasteiger partial charge in [-0.1, -0.05) is 13.0 Å². The summed E-state index contributed by atoms with van der Waals surface area (Å²) in [5.74, 6) is 0.728. The molecule has 1 amide bonds. The minimum absolute atomic E-state index is 0.0862. The van der Waals surface area contributed by atoms with Gasteiger partial charge in [-0.3, -0.25) is 9.78 Å². The SMILES string of the molecule is CC1CCN(C(=O)c2ccc3ncccc3c2)C(CN)C1. The quantitative estimate of drug-likeness (QED) is 0.921. The lowest BCUT2D eigenvalue weighted by atomic mass is 9.92. The number of aromatic nitrogens is 1. The lowest BCUT2D eigenvalue weighted by Gasteiger charge is -2.38. The molecule has 0 bridgehead atoms. The zero-order chi connectivity index (χ0) is 14.8. The summed E-state index contributed by atoms with van der Waals surface area (Å²) in [5, 5.41) is 0.998. The van der Waals surface area contributed by atoms with E-state index in [-0.39, 0.29) is 11.9 Å². The molecule has 3 rings (SSSR count). The summed E-state index contributed by atoms with van der Waals surface area (Å²) >= 11 is 0. The maximum absolute atomic E-state index is 12.8. The molecule has 1 aliphatic rings. The average molecular weight is 283 g/mol. The molecular formula is C17H21N3O. The Morgan fingerprint density at radius 1 is 1.43 bits per heavy atom. The Morgan fingerprint density at radius 3 is 3.10 bits per heavy atom. The Kier molecular flexibility index (Phi) is 3.88. The lowest BCUT2D eigenvalue weighted by Crippen LogP contribution is -2.49. The number of pyridine rings is 1. The van der Waals surface area contributed by atoms with Crippen molar-refractivity contribution in [2.45, 2.75) is 25.8 Å². The fraction of sp³-hybridized carbons (Fsp3) is 0.412. The van der Waals surface area contributed by atoms with Crippen LogP contribution in [0.15, 0.2) is 36.5 Å². The van der Waals surface area contributed by atoms with Crippen LogP contribution in [-0.4, -0.2) is 34.9 Å². The minimum Gasteiger partial charge on any atom is -0.334 e. The summed E-state index contributed by atoms with van der Waals surface area (Å²) in [6.45, 7) is 3.56. The van der Waals surface area contributed by atoms with Crippen LogP contribution in [-0.2, 0) is 0 Å². The molecular weight excluding hydrogens is 262 g/mol. The third kappa shape index (κ3) is 2.76. The number of rotatable bonds is 2. The van der Waals surface area contributed by atoms with Gasteiger partial charge >= 0.3 is 0 Å². The second kappa shape index (κ2) is 5.82. The number of benzene rings is 1. The Labute approximate surface area is 125 Å². The normalized spacial score (nSPS) is 22.5. The summed E-state index contributed by atoms with van der Waals surface area (Å²) in [5.41, 5.74) is 7.50. The van der Waals surface area contributed by atoms with Gasteiger partial charge in [0.15, 0.2) is 0 Å². The van der Waals surface area contributed by atoms with Gasteiger partial charge in [-0.15, -0.1) is 0 Å². The van der Waals surface area contributed by atoms with Crippen LogP contribution >= 0.6 is 0 Å². The molecule has 4 heteroatoms. The van der Waals surface area contributed by atoms with E-state index in [1.54, 1.807) is 6.20 Å². The van der Waals surface area contributed by atoms with E-state index in [2.05, 4.69) is 11.9 Å². The van der Waals surface area contributed by atoms with Gasteiger partial charge in [-0.2, -0.15) is 0 Å². The molecule has 2 heterocycles. The standard InChI is InChI=1S/C17H21N3O/c1-12-6-8-20(15(9-12)11-18)17(21)14-4-5-16-13(10-14)3-2-7-19-16/h2-5,7,10,12,15H,6,8-9,11,18H2,1H3. The fourth-order valence-electron chi connectivity index (χ4n) is 3.12. The first-order chi connectivity index (χ1) is 10.2. The third-order valence-corrected chi connectivity index (χ3v) is 4.36. The molecule has 1 fully saturated rings. The first kappa shape index (κ1) is 14.0. The molecule has 2 N–H and O–H groups in total. The van der Waals surface area contributed by atoms with Gasteiger partial charge in [0.05, 0.1) is 5.52 Å². The van der Waals surface area contributed by atoms with E-state index >= 15 is 0 Å². The highest BCUT2D eigenvalue weighted by atomic mass is 16.2.